The van der Waals surface area contributed by atoms with Crippen LogP contribution in [0.2, 0.25) is 0 Å². The van der Waals surface area contributed by atoms with Gasteiger partial charge in [0.1, 0.15) is 12.2 Å². The fourth-order valence-electron chi connectivity index (χ4n) is 2.16. The van der Waals surface area contributed by atoms with E-state index in [9.17, 15) is 0 Å². The predicted octanol–water partition coefficient (Wildman–Crippen LogP) is 2.11. The molecule has 0 aromatic heterocycles. The Labute approximate surface area is 102 Å². The molecule has 1 heterocycles. The van der Waals surface area contributed by atoms with Crippen LogP contribution >= 0.6 is 0 Å². The summed E-state index contributed by atoms with van der Waals surface area (Å²) in [5, 5.41) is 0. The van der Waals surface area contributed by atoms with E-state index in [1.54, 1.807) is 7.11 Å². The van der Waals surface area contributed by atoms with Gasteiger partial charge in [-0.2, -0.15) is 0 Å². The van der Waals surface area contributed by atoms with Gasteiger partial charge in [-0.05, 0) is 19.9 Å². The number of nitrogens with two attached hydrogens (primary N) is 1. The highest BCUT2D eigenvalue weighted by Crippen LogP contribution is 2.40. The average Bonchev–Trinajstić information content (AvgIpc) is 2.55. The van der Waals surface area contributed by atoms with Gasteiger partial charge in [0.2, 0.25) is 0 Å². The second-order valence-corrected chi connectivity index (χ2v) is 4.68. The summed E-state index contributed by atoms with van der Waals surface area (Å²) in [7, 11) is 1.65. The number of nitrogen functional groups attached to an aromatic ring is 1. The van der Waals surface area contributed by atoms with Crippen molar-refractivity contribution in [3.05, 3.63) is 29.8 Å². The summed E-state index contributed by atoms with van der Waals surface area (Å²) in [6.45, 7) is 4.28. The van der Waals surface area contributed by atoms with Crippen LogP contribution in [0.3, 0.4) is 0 Å². The fraction of sp³-hybridized carbons (Fsp3) is 0.538. The van der Waals surface area contributed by atoms with Crippen molar-refractivity contribution in [2.45, 2.75) is 31.8 Å². The van der Waals surface area contributed by atoms with E-state index >= 15 is 0 Å². The second kappa shape index (κ2) is 4.64. The molecule has 17 heavy (non-hydrogen) atoms. The molecule has 0 bridgehead atoms. The van der Waals surface area contributed by atoms with E-state index in [2.05, 4.69) is 0 Å². The van der Waals surface area contributed by atoms with Crippen molar-refractivity contribution < 1.29 is 14.2 Å². The summed E-state index contributed by atoms with van der Waals surface area (Å²) in [6.07, 6.45) is -0.300. The maximum absolute atomic E-state index is 5.97. The number of benzene rings is 1. The Balaban J connectivity index is 2.27. The van der Waals surface area contributed by atoms with E-state index in [4.69, 9.17) is 19.9 Å². The van der Waals surface area contributed by atoms with E-state index in [-0.39, 0.29) is 12.2 Å². The van der Waals surface area contributed by atoms with Crippen LogP contribution in [-0.4, -0.2) is 25.6 Å². The van der Waals surface area contributed by atoms with Crippen LogP contribution < -0.4 is 5.73 Å². The van der Waals surface area contributed by atoms with Crippen molar-refractivity contribution in [1.82, 2.24) is 0 Å². The van der Waals surface area contributed by atoms with E-state index < -0.39 is 5.79 Å². The molecule has 4 heteroatoms. The first kappa shape index (κ1) is 12.4. The smallest absolute Gasteiger partial charge is 0.164 e. The standard InChI is InChI=1S/C13H19NO3/c1-13(2)16-11(8-15-3)12(17-13)9-6-4-5-7-10(9)14/h4-7,11-12H,8,14H2,1-3H3/t11-,12+/m0/s1. The van der Waals surface area contributed by atoms with Crippen molar-refractivity contribution in [3.8, 4) is 0 Å². The minimum absolute atomic E-state index is 0.125. The molecule has 2 atom stereocenters. The third-order valence-electron chi connectivity index (χ3n) is 2.82. The lowest BCUT2D eigenvalue weighted by molar-refractivity contribution is -0.150. The van der Waals surface area contributed by atoms with Crippen LogP contribution in [0.4, 0.5) is 5.69 Å². The number of hydrogen-bond acceptors (Lipinski definition) is 4. The van der Waals surface area contributed by atoms with Gasteiger partial charge in [0.15, 0.2) is 5.79 Å². The topological polar surface area (TPSA) is 53.7 Å². The molecule has 1 aromatic carbocycles. The Hall–Kier alpha value is -1.10. The number of hydrogen-bond donors (Lipinski definition) is 1. The lowest BCUT2D eigenvalue weighted by Crippen LogP contribution is -2.24. The first-order chi connectivity index (χ1) is 8.03. The average molecular weight is 237 g/mol. The Morgan fingerprint density at radius 3 is 2.65 bits per heavy atom. The van der Waals surface area contributed by atoms with Crippen LogP contribution in [0.5, 0.6) is 0 Å². The van der Waals surface area contributed by atoms with Gasteiger partial charge in [-0.3, -0.25) is 0 Å². The number of ether oxygens (including phenoxy) is 3. The van der Waals surface area contributed by atoms with Gasteiger partial charge >= 0.3 is 0 Å². The van der Waals surface area contributed by atoms with Gasteiger partial charge in [0.05, 0.1) is 6.61 Å². The quantitative estimate of drug-likeness (QED) is 0.818. The fourth-order valence-corrected chi connectivity index (χ4v) is 2.16. The van der Waals surface area contributed by atoms with E-state index in [0.717, 1.165) is 11.3 Å². The molecule has 0 spiro atoms. The first-order valence-electron chi connectivity index (χ1n) is 5.72. The minimum atomic E-state index is -0.601. The molecule has 1 saturated heterocycles. The van der Waals surface area contributed by atoms with Gasteiger partial charge in [-0.1, -0.05) is 18.2 Å². The molecule has 0 aliphatic carbocycles. The number of anilines is 1. The van der Waals surface area contributed by atoms with Crippen LogP contribution in [0, 0.1) is 0 Å². The van der Waals surface area contributed by atoms with Gasteiger partial charge < -0.3 is 19.9 Å². The minimum Gasteiger partial charge on any atom is -0.398 e. The molecular weight excluding hydrogens is 218 g/mol. The zero-order chi connectivity index (χ0) is 12.5. The summed E-state index contributed by atoms with van der Waals surface area (Å²) in [6, 6.07) is 7.69. The van der Waals surface area contributed by atoms with Crippen molar-refractivity contribution >= 4 is 5.69 Å². The lowest BCUT2D eigenvalue weighted by atomic mass is 10.0. The van der Waals surface area contributed by atoms with Crippen LogP contribution in [0.25, 0.3) is 0 Å². The van der Waals surface area contributed by atoms with Crippen LogP contribution in [0.15, 0.2) is 24.3 Å². The van der Waals surface area contributed by atoms with Gasteiger partial charge in [-0.25, -0.2) is 0 Å². The van der Waals surface area contributed by atoms with Crippen molar-refractivity contribution in [2.24, 2.45) is 0 Å². The summed E-state index contributed by atoms with van der Waals surface area (Å²) in [5.74, 6) is -0.601. The molecule has 0 saturated carbocycles. The van der Waals surface area contributed by atoms with Gasteiger partial charge in [0.25, 0.3) is 0 Å². The van der Waals surface area contributed by atoms with E-state index in [1.165, 1.54) is 0 Å². The zero-order valence-electron chi connectivity index (χ0n) is 10.5. The number of para-hydroxylation sites is 1. The molecule has 2 N–H and O–H groups in total. The molecule has 0 radical (unpaired) electrons. The molecule has 1 fully saturated rings. The van der Waals surface area contributed by atoms with E-state index in [1.807, 2.05) is 38.1 Å². The first-order valence-corrected chi connectivity index (χ1v) is 5.72. The lowest BCUT2D eigenvalue weighted by Gasteiger charge is -2.18. The zero-order valence-corrected chi connectivity index (χ0v) is 10.5. The molecule has 0 unspecified atom stereocenters. The third kappa shape index (κ3) is 2.60. The molecule has 94 valence electrons. The Morgan fingerprint density at radius 1 is 1.29 bits per heavy atom. The van der Waals surface area contributed by atoms with Crippen molar-refractivity contribution in [2.75, 3.05) is 19.5 Å². The molecule has 0 amide bonds. The molecule has 1 aliphatic heterocycles. The molecule has 2 rings (SSSR count). The van der Waals surface area contributed by atoms with Crippen LogP contribution in [-0.2, 0) is 14.2 Å². The SMILES string of the molecule is COC[C@@H]1OC(C)(C)O[C@@H]1c1ccccc1N. The van der Waals surface area contributed by atoms with Crippen molar-refractivity contribution in [1.29, 1.82) is 0 Å². The summed E-state index contributed by atoms with van der Waals surface area (Å²) < 4.78 is 16.9. The number of rotatable bonds is 3. The summed E-state index contributed by atoms with van der Waals surface area (Å²) in [4.78, 5) is 0. The molecule has 4 nitrogen and oxygen atoms in total. The highest BCUT2D eigenvalue weighted by molar-refractivity contribution is 5.48. The Morgan fingerprint density at radius 2 is 2.00 bits per heavy atom. The van der Waals surface area contributed by atoms with Crippen molar-refractivity contribution in [3.63, 3.8) is 0 Å². The normalized spacial score (nSPS) is 27.2. The molecular formula is C13H19NO3. The van der Waals surface area contributed by atoms with Crippen LogP contribution in [0.1, 0.15) is 25.5 Å². The maximum Gasteiger partial charge on any atom is 0.164 e. The number of methoxy groups -OCH3 is 1. The highest BCUT2D eigenvalue weighted by atomic mass is 16.8. The largest absolute Gasteiger partial charge is 0.398 e. The predicted molar refractivity (Wildman–Crippen MR) is 65.5 cm³/mol. The van der Waals surface area contributed by atoms with Gasteiger partial charge in [0, 0.05) is 18.4 Å². The third-order valence-corrected chi connectivity index (χ3v) is 2.82. The Kier molecular flexibility index (Phi) is 3.38. The highest BCUT2D eigenvalue weighted by Gasteiger charge is 2.42. The second-order valence-electron chi connectivity index (χ2n) is 4.68. The Bertz CT molecular complexity index is 392. The maximum atomic E-state index is 5.97. The van der Waals surface area contributed by atoms with E-state index in [0.29, 0.717) is 6.61 Å². The summed E-state index contributed by atoms with van der Waals surface area (Å²) in [5.41, 5.74) is 7.65. The van der Waals surface area contributed by atoms with Gasteiger partial charge in [-0.15, -0.1) is 0 Å². The summed E-state index contributed by atoms with van der Waals surface area (Å²) >= 11 is 0. The molecule has 1 aliphatic rings. The molecule has 1 aromatic rings. The monoisotopic (exact) mass is 237 g/mol.